The fourth-order valence-electron chi connectivity index (χ4n) is 2.29. The van der Waals surface area contributed by atoms with Crippen molar-refractivity contribution >= 4 is 11.6 Å². The molecule has 0 unspecified atom stereocenters. The summed E-state index contributed by atoms with van der Waals surface area (Å²) in [5.41, 5.74) is 1.78. The molecule has 0 spiro atoms. The molecule has 1 aliphatic heterocycles. The Balaban J connectivity index is 1.62. The van der Waals surface area contributed by atoms with Gasteiger partial charge in [-0.1, -0.05) is 0 Å². The number of piperazine rings is 1. The van der Waals surface area contributed by atoms with E-state index in [4.69, 9.17) is 4.42 Å². The number of amides is 1. The second kappa shape index (κ2) is 5.14. The highest BCUT2D eigenvalue weighted by atomic mass is 16.3. The van der Waals surface area contributed by atoms with E-state index in [1.165, 1.54) is 12.5 Å². The molecule has 0 N–H and O–H groups in total. The highest BCUT2D eigenvalue weighted by Gasteiger charge is 2.22. The topological polar surface area (TPSA) is 49.6 Å². The third-order valence-electron chi connectivity index (χ3n) is 3.36. The van der Waals surface area contributed by atoms with Crippen molar-refractivity contribution in [1.82, 2.24) is 9.88 Å². The van der Waals surface area contributed by atoms with Crippen LogP contribution in [0.15, 0.2) is 47.5 Å². The smallest absolute Gasteiger partial charge is 0.257 e. The summed E-state index contributed by atoms with van der Waals surface area (Å²) in [5, 5.41) is 0. The van der Waals surface area contributed by atoms with Crippen LogP contribution in [0.25, 0.3) is 0 Å². The number of furan rings is 1. The number of hydrogen-bond acceptors (Lipinski definition) is 4. The molecule has 0 aromatic carbocycles. The van der Waals surface area contributed by atoms with E-state index in [0.717, 1.165) is 31.9 Å². The van der Waals surface area contributed by atoms with Crippen LogP contribution in [0, 0.1) is 0 Å². The third-order valence-corrected chi connectivity index (χ3v) is 3.36. The highest BCUT2D eigenvalue weighted by molar-refractivity contribution is 5.94. The van der Waals surface area contributed by atoms with Crippen molar-refractivity contribution in [3.63, 3.8) is 0 Å². The third kappa shape index (κ3) is 2.45. The van der Waals surface area contributed by atoms with E-state index in [0.29, 0.717) is 5.56 Å². The van der Waals surface area contributed by atoms with Crippen LogP contribution in [0.2, 0.25) is 0 Å². The van der Waals surface area contributed by atoms with E-state index >= 15 is 0 Å². The Labute approximate surface area is 111 Å². The van der Waals surface area contributed by atoms with E-state index in [1.807, 2.05) is 17.0 Å². The molecule has 0 atom stereocenters. The summed E-state index contributed by atoms with van der Waals surface area (Å²) in [6.45, 7) is 3.14. The molecule has 3 rings (SSSR count). The number of hydrogen-bond donors (Lipinski definition) is 0. The van der Waals surface area contributed by atoms with E-state index in [2.05, 4.69) is 9.88 Å². The highest BCUT2D eigenvalue weighted by Crippen LogP contribution is 2.16. The molecule has 1 amide bonds. The van der Waals surface area contributed by atoms with Crippen LogP contribution in [0.5, 0.6) is 0 Å². The molecule has 5 heteroatoms. The zero-order valence-electron chi connectivity index (χ0n) is 10.5. The first-order valence-electron chi connectivity index (χ1n) is 6.31. The van der Waals surface area contributed by atoms with Gasteiger partial charge in [0.2, 0.25) is 0 Å². The molecule has 0 saturated carbocycles. The van der Waals surface area contributed by atoms with Crippen molar-refractivity contribution < 1.29 is 9.21 Å². The van der Waals surface area contributed by atoms with Crippen molar-refractivity contribution in [2.24, 2.45) is 0 Å². The Bertz CT molecular complexity index is 531. The van der Waals surface area contributed by atoms with Gasteiger partial charge in [0.1, 0.15) is 6.26 Å². The van der Waals surface area contributed by atoms with Gasteiger partial charge in [0.15, 0.2) is 0 Å². The van der Waals surface area contributed by atoms with Gasteiger partial charge in [-0.2, -0.15) is 0 Å². The Kier molecular flexibility index (Phi) is 3.18. The molecule has 19 heavy (non-hydrogen) atoms. The minimum absolute atomic E-state index is 0.0446. The molecule has 0 bridgehead atoms. The maximum Gasteiger partial charge on any atom is 0.257 e. The lowest BCUT2D eigenvalue weighted by Crippen LogP contribution is -2.48. The number of carbonyl (C=O) groups excluding carboxylic acids is 1. The van der Waals surface area contributed by atoms with Gasteiger partial charge in [0, 0.05) is 44.3 Å². The first-order chi connectivity index (χ1) is 9.34. The van der Waals surface area contributed by atoms with Gasteiger partial charge in [0.05, 0.1) is 11.8 Å². The summed E-state index contributed by atoms with van der Waals surface area (Å²) in [5.74, 6) is 0.0446. The van der Waals surface area contributed by atoms with Crippen LogP contribution in [0.4, 0.5) is 5.69 Å². The average Bonchev–Trinajstić information content (AvgIpc) is 3.02. The molecule has 1 saturated heterocycles. The summed E-state index contributed by atoms with van der Waals surface area (Å²) < 4.78 is 4.95. The van der Waals surface area contributed by atoms with Crippen LogP contribution in [-0.4, -0.2) is 42.0 Å². The van der Waals surface area contributed by atoms with Gasteiger partial charge < -0.3 is 14.2 Å². The normalized spacial score (nSPS) is 15.6. The van der Waals surface area contributed by atoms with Gasteiger partial charge in [0.25, 0.3) is 5.91 Å². The summed E-state index contributed by atoms with van der Waals surface area (Å²) in [7, 11) is 0. The molecule has 3 heterocycles. The molecule has 1 aliphatic rings. The monoisotopic (exact) mass is 257 g/mol. The molecular weight excluding hydrogens is 242 g/mol. The van der Waals surface area contributed by atoms with Crippen molar-refractivity contribution in [1.29, 1.82) is 0 Å². The van der Waals surface area contributed by atoms with Crippen LogP contribution >= 0.6 is 0 Å². The van der Waals surface area contributed by atoms with Crippen molar-refractivity contribution in [3.8, 4) is 0 Å². The van der Waals surface area contributed by atoms with E-state index in [1.54, 1.807) is 18.5 Å². The number of nitrogens with zero attached hydrogens (tertiary/aromatic N) is 3. The number of pyridine rings is 1. The van der Waals surface area contributed by atoms with Gasteiger partial charge in [-0.3, -0.25) is 9.78 Å². The van der Waals surface area contributed by atoms with Gasteiger partial charge in [-0.15, -0.1) is 0 Å². The van der Waals surface area contributed by atoms with Crippen LogP contribution < -0.4 is 4.90 Å². The zero-order valence-corrected chi connectivity index (χ0v) is 10.5. The lowest BCUT2D eigenvalue weighted by atomic mass is 10.2. The summed E-state index contributed by atoms with van der Waals surface area (Å²) in [4.78, 5) is 20.3. The predicted octanol–water partition coefficient (Wildman–Crippen LogP) is 1.64. The Morgan fingerprint density at radius 1 is 1.11 bits per heavy atom. The fourth-order valence-corrected chi connectivity index (χ4v) is 2.29. The molecule has 2 aromatic rings. The van der Waals surface area contributed by atoms with Gasteiger partial charge in [-0.25, -0.2) is 0 Å². The van der Waals surface area contributed by atoms with Gasteiger partial charge in [-0.05, 0) is 18.2 Å². The second-order valence-electron chi connectivity index (χ2n) is 4.50. The maximum absolute atomic E-state index is 12.1. The van der Waals surface area contributed by atoms with E-state index in [9.17, 15) is 4.79 Å². The molecule has 5 nitrogen and oxygen atoms in total. The summed E-state index contributed by atoms with van der Waals surface area (Å²) in [6, 6.07) is 5.69. The molecule has 0 radical (unpaired) electrons. The fraction of sp³-hybridized carbons (Fsp3) is 0.286. The lowest BCUT2D eigenvalue weighted by molar-refractivity contribution is 0.0746. The van der Waals surface area contributed by atoms with Crippen molar-refractivity contribution in [2.75, 3.05) is 31.1 Å². The molecule has 98 valence electrons. The molecular formula is C14H15N3O2. The Morgan fingerprint density at radius 3 is 2.47 bits per heavy atom. The summed E-state index contributed by atoms with van der Waals surface area (Å²) >= 11 is 0. The van der Waals surface area contributed by atoms with E-state index < -0.39 is 0 Å². The first-order valence-corrected chi connectivity index (χ1v) is 6.31. The van der Waals surface area contributed by atoms with E-state index in [-0.39, 0.29) is 5.91 Å². The minimum atomic E-state index is 0.0446. The molecule has 1 fully saturated rings. The Hall–Kier alpha value is -2.30. The largest absolute Gasteiger partial charge is 0.472 e. The lowest BCUT2D eigenvalue weighted by Gasteiger charge is -2.35. The van der Waals surface area contributed by atoms with Crippen LogP contribution in [0.1, 0.15) is 10.4 Å². The van der Waals surface area contributed by atoms with Crippen LogP contribution in [-0.2, 0) is 0 Å². The Morgan fingerprint density at radius 2 is 1.84 bits per heavy atom. The van der Waals surface area contributed by atoms with Gasteiger partial charge >= 0.3 is 0 Å². The summed E-state index contributed by atoms with van der Waals surface area (Å²) in [6.07, 6.45) is 6.61. The minimum Gasteiger partial charge on any atom is -0.472 e. The molecule has 0 aliphatic carbocycles. The average molecular weight is 257 g/mol. The number of aromatic nitrogens is 1. The number of rotatable bonds is 2. The quantitative estimate of drug-likeness (QED) is 0.820. The zero-order chi connectivity index (χ0) is 13.1. The SMILES string of the molecule is O=C(c1ccoc1)N1CCN(c2ccncc2)CC1. The van der Waals surface area contributed by atoms with Crippen molar-refractivity contribution in [2.45, 2.75) is 0 Å². The standard InChI is InChI=1S/C14H15N3O2/c18-14(12-3-10-19-11-12)17-8-6-16(7-9-17)13-1-4-15-5-2-13/h1-5,10-11H,6-9H2. The molecule has 2 aromatic heterocycles. The van der Waals surface area contributed by atoms with Crippen LogP contribution in [0.3, 0.4) is 0 Å². The second-order valence-corrected chi connectivity index (χ2v) is 4.50. The maximum atomic E-state index is 12.1. The number of anilines is 1. The predicted molar refractivity (Wildman–Crippen MR) is 71.1 cm³/mol. The first kappa shape index (κ1) is 11.8. The number of carbonyl (C=O) groups is 1. The van der Waals surface area contributed by atoms with Crippen molar-refractivity contribution in [3.05, 3.63) is 48.7 Å².